The van der Waals surface area contributed by atoms with Gasteiger partial charge in [0.25, 0.3) is 5.91 Å². The zero-order valence-electron chi connectivity index (χ0n) is 12.8. The molecule has 1 aliphatic rings. The molecule has 1 aromatic carbocycles. The average Bonchev–Trinajstić information content (AvgIpc) is 2.85. The number of benzene rings is 1. The maximum absolute atomic E-state index is 13.0. The van der Waals surface area contributed by atoms with Gasteiger partial charge in [0.05, 0.1) is 15.0 Å². The molecule has 0 N–H and O–H groups in total. The predicted octanol–water partition coefficient (Wildman–Crippen LogP) is 5.37. The number of carbonyl (C=O) groups excluding carboxylic acids is 1. The molecule has 1 aliphatic heterocycles. The van der Waals surface area contributed by atoms with Crippen molar-refractivity contribution < 1.29 is 9.72 Å². The fourth-order valence-corrected chi connectivity index (χ4v) is 3.51. The molecule has 1 amide bonds. The molecule has 0 radical (unpaired) electrons. The van der Waals surface area contributed by atoms with Gasteiger partial charge in [0, 0.05) is 20.7 Å². The van der Waals surface area contributed by atoms with E-state index in [1.807, 2.05) is 31.2 Å². The second kappa shape index (κ2) is 8.40. The zero-order chi connectivity index (χ0) is 17.9. The number of amides is 1. The average molecular weight is 523 g/mol. The van der Waals surface area contributed by atoms with Gasteiger partial charge in [0.1, 0.15) is 0 Å². The van der Waals surface area contributed by atoms with Gasteiger partial charge in [-0.25, -0.2) is 0 Å². The number of anilines is 1. The summed E-state index contributed by atoms with van der Waals surface area (Å²) < 4.78 is 1.53. The molecule has 8 heteroatoms. The number of carbonyl (C=O) groups is 1. The molecule has 0 saturated carbocycles. The maximum Gasteiger partial charge on any atom is 0.259 e. The molecular weight excluding hydrogens is 508 g/mol. The van der Waals surface area contributed by atoms with Gasteiger partial charge in [-0.05, 0) is 68.6 Å². The normalized spacial score (nSPS) is 15.5. The van der Waals surface area contributed by atoms with Crippen molar-refractivity contribution in [3.63, 3.8) is 0 Å². The first-order valence-corrected chi connectivity index (χ1v) is 9.71. The Morgan fingerprint density at radius 1 is 1.29 bits per heavy atom. The van der Waals surface area contributed by atoms with Gasteiger partial charge in [0.15, 0.2) is 0 Å². The van der Waals surface area contributed by atoms with E-state index in [-0.39, 0.29) is 17.4 Å². The largest absolute Gasteiger partial charge is 0.276 e. The standard InChI is InChI=1S/C16H15Br3N2O3/c1-2-3-10(9-20(23)24)13-8-14(15(18)19)21(16(13)22)12-6-4-11(17)5-7-12/h4-8,10H,2-3,9H2,1H3. The summed E-state index contributed by atoms with van der Waals surface area (Å²) in [5.74, 6) is -0.615. The molecule has 128 valence electrons. The van der Waals surface area contributed by atoms with Crippen LogP contribution in [-0.2, 0) is 4.79 Å². The van der Waals surface area contributed by atoms with Crippen LogP contribution in [0.1, 0.15) is 19.8 Å². The lowest BCUT2D eigenvalue weighted by atomic mass is 9.94. The molecule has 0 spiro atoms. The van der Waals surface area contributed by atoms with Gasteiger partial charge in [-0.15, -0.1) is 0 Å². The number of halogens is 3. The Morgan fingerprint density at radius 3 is 2.42 bits per heavy atom. The van der Waals surface area contributed by atoms with Crippen LogP contribution in [0.3, 0.4) is 0 Å². The van der Waals surface area contributed by atoms with Crippen LogP contribution in [0.25, 0.3) is 0 Å². The molecule has 1 atom stereocenters. The molecule has 24 heavy (non-hydrogen) atoms. The molecule has 0 aromatic heterocycles. The van der Waals surface area contributed by atoms with Crippen LogP contribution in [0.5, 0.6) is 0 Å². The number of nitrogens with zero attached hydrogens (tertiary/aromatic N) is 2. The third kappa shape index (κ3) is 4.34. The zero-order valence-corrected chi connectivity index (χ0v) is 17.6. The fraction of sp³-hybridized carbons (Fsp3) is 0.312. The summed E-state index contributed by atoms with van der Waals surface area (Å²) in [6, 6.07) is 7.34. The van der Waals surface area contributed by atoms with E-state index in [0.717, 1.165) is 10.9 Å². The van der Waals surface area contributed by atoms with Crippen molar-refractivity contribution >= 4 is 59.4 Å². The Labute approximate surface area is 165 Å². The summed E-state index contributed by atoms with van der Waals surface area (Å²) in [7, 11) is 0. The molecule has 0 aliphatic carbocycles. The first kappa shape index (κ1) is 19.3. The molecule has 1 unspecified atom stereocenters. The highest BCUT2D eigenvalue weighted by Crippen LogP contribution is 2.38. The number of hydrogen-bond acceptors (Lipinski definition) is 3. The van der Waals surface area contributed by atoms with Crippen molar-refractivity contribution in [3.05, 3.63) is 59.6 Å². The van der Waals surface area contributed by atoms with Crippen LogP contribution < -0.4 is 4.90 Å². The van der Waals surface area contributed by atoms with Crippen LogP contribution in [0, 0.1) is 16.0 Å². The van der Waals surface area contributed by atoms with Gasteiger partial charge in [-0.3, -0.25) is 19.8 Å². The Hall–Kier alpha value is -0.990. The lowest BCUT2D eigenvalue weighted by Crippen LogP contribution is -2.29. The third-order valence-corrected chi connectivity index (χ3v) is 5.05. The van der Waals surface area contributed by atoms with E-state index in [4.69, 9.17) is 0 Å². The number of hydrogen-bond donors (Lipinski definition) is 0. The topological polar surface area (TPSA) is 63.5 Å². The first-order chi connectivity index (χ1) is 11.3. The first-order valence-electron chi connectivity index (χ1n) is 7.33. The van der Waals surface area contributed by atoms with Crippen LogP contribution in [0.15, 0.2) is 49.5 Å². The molecule has 1 aromatic rings. The number of allylic oxidation sites excluding steroid dienone is 1. The molecule has 0 saturated heterocycles. The second-order valence-corrected chi connectivity index (χ2v) is 8.93. The summed E-state index contributed by atoms with van der Waals surface area (Å²) in [5, 5.41) is 11.0. The smallest absolute Gasteiger partial charge is 0.259 e. The van der Waals surface area contributed by atoms with Crippen molar-refractivity contribution in [3.8, 4) is 0 Å². The molecule has 0 fully saturated rings. The van der Waals surface area contributed by atoms with Crippen molar-refractivity contribution in [1.82, 2.24) is 0 Å². The van der Waals surface area contributed by atoms with Gasteiger partial charge < -0.3 is 0 Å². The van der Waals surface area contributed by atoms with Crippen LogP contribution >= 0.6 is 47.8 Å². The molecular formula is C16H15Br3N2O3. The Morgan fingerprint density at radius 2 is 1.92 bits per heavy atom. The Balaban J connectivity index is 2.43. The highest BCUT2D eigenvalue weighted by atomic mass is 79.9. The minimum atomic E-state index is -0.396. The Kier molecular flexibility index (Phi) is 6.77. The summed E-state index contributed by atoms with van der Waals surface area (Å²) in [5.41, 5.74) is 1.82. The third-order valence-electron chi connectivity index (χ3n) is 3.71. The molecule has 5 nitrogen and oxygen atoms in total. The molecule has 1 heterocycles. The van der Waals surface area contributed by atoms with E-state index >= 15 is 0 Å². The fourth-order valence-electron chi connectivity index (χ4n) is 2.66. The van der Waals surface area contributed by atoms with Gasteiger partial charge in [-0.2, -0.15) is 0 Å². The minimum Gasteiger partial charge on any atom is -0.276 e. The highest BCUT2D eigenvalue weighted by Gasteiger charge is 2.36. The quantitative estimate of drug-likeness (QED) is 0.372. The minimum absolute atomic E-state index is 0.218. The van der Waals surface area contributed by atoms with E-state index in [2.05, 4.69) is 47.8 Å². The van der Waals surface area contributed by atoms with E-state index in [9.17, 15) is 14.9 Å². The maximum atomic E-state index is 13.0. The van der Waals surface area contributed by atoms with Crippen molar-refractivity contribution in [1.29, 1.82) is 0 Å². The van der Waals surface area contributed by atoms with Crippen LogP contribution in [0.2, 0.25) is 0 Å². The van der Waals surface area contributed by atoms with E-state index in [1.165, 1.54) is 0 Å². The van der Waals surface area contributed by atoms with Gasteiger partial charge >= 0.3 is 0 Å². The number of nitro groups is 1. The summed E-state index contributed by atoms with van der Waals surface area (Å²) in [6.45, 7) is 1.71. The summed E-state index contributed by atoms with van der Waals surface area (Å²) >= 11 is 10.1. The van der Waals surface area contributed by atoms with Crippen molar-refractivity contribution in [2.45, 2.75) is 19.8 Å². The summed E-state index contributed by atoms with van der Waals surface area (Å²) in [6.07, 6.45) is 3.10. The SMILES string of the molecule is CCCC(C[N+](=O)[O-])C1=CC(=C(Br)Br)N(c2ccc(Br)cc2)C1=O. The predicted molar refractivity (Wildman–Crippen MR) is 105 cm³/mol. The lowest BCUT2D eigenvalue weighted by Gasteiger charge is -2.20. The lowest BCUT2D eigenvalue weighted by molar-refractivity contribution is -0.486. The van der Waals surface area contributed by atoms with Gasteiger partial charge in [0.2, 0.25) is 6.54 Å². The Bertz CT molecular complexity index is 710. The summed E-state index contributed by atoms with van der Waals surface area (Å²) in [4.78, 5) is 25.1. The second-order valence-electron chi connectivity index (χ2n) is 5.36. The van der Waals surface area contributed by atoms with E-state index < -0.39 is 5.92 Å². The van der Waals surface area contributed by atoms with Crippen molar-refractivity contribution in [2.24, 2.45) is 5.92 Å². The highest BCUT2D eigenvalue weighted by molar-refractivity contribution is 9.28. The molecule has 2 rings (SSSR count). The van der Waals surface area contributed by atoms with E-state index in [0.29, 0.717) is 26.8 Å². The van der Waals surface area contributed by atoms with Crippen LogP contribution in [0.4, 0.5) is 5.69 Å². The van der Waals surface area contributed by atoms with Crippen molar-refractivity contribution in [2.75, 3.05) is 11.4 Å². The van der Waals surface area contributed by atoms with Crippen LogP contribution in [-0.4, -0.2) is 17.4 Å². The molecule has 0 bridgehead atoms. The van der Waals surface area contributed by atoms with E-state index in [1.54, 1.807) is 11.0 Å². The van der Waals surface area contributed by atoms with Gasteiger partial charge in [-0.1, -0.05) is 29.3 Å². The number of rotatable bonds is 6. The monoisotopic (exact) mass is 520 g/mol.